The highest BCUT2D eigenvalue weighted by molar-refractivity contribution is 9.10. The number of carboxylic acid groups (broad SMARTS) is 1. The van der Waals surface area contributed by atoms with Gasteiger partial charge in [0.25, 0.3) is 5.91 Å². The highest BCUT2D eigenvalue weighted by atomic mass is 79.9. The van der Waals surface area contributed by atoms with Crippen LogP contribution in [0.2, 0.25) is 0 Å². The Morgan fingerprint density at radius 3 is 2.80 bits per heavy atom. The van der Waals surface area contributed by atoms with E-state index in [1.54, 1.807) is 25.1 Å². The van der Waals surface area contributed by atoms with Gasteiger partial charge in [0.2, 0.25) is 0 Å². The van der Waals surface area contributed by atoms with Gasteiger partial charge >= 0.3 is 5.97 Å². The summed E-state index contributed by atoms with van der Waals surface area (Å²) >= 11 is 3.33. The molecule has 4 nitrogen and oxygen atoms in total. The van der Waals surface area contributed by atoms with Crippen LogP contribution >= 0.6 is 15.9 Å². The van der Waals surface area contributed by atoms with Crippen LogP contribution in [0.15, 0.2) is 28.7 Å². The van der Waals surface area contributed by atoms with Crippen LogP contribution in [0.1, 0.15) is 43.0 Å². The molecule has 0 heterocycles. The monoisotopic (exact) mass is 339 g/mol. The molecule has 20 heavy (non-hydrogen) atoms. The van der Waals surface area contributed by atoms with Gasteiger partial charge in [0.05, 0.1) is 5.41 Å². The van der Waals surface area contributed by atoms with Crippen LogP contribution in [0.25, 0.3) is 0 Å². The van der Waals surface area contributed by atoms with Gasteiger partial charge in [-0.25, -0.2) is 0 Å². The Morgan fingerprint density at radius 1 is 1.40 bits per heavy atom. The van der Waals surface area contributed by atoms with Crippen molar-refractivity contribution in [2.75, 3.05) is 0 Å². The Bertz CT molecular complexity index is 532. The molecule has 0 aromatic heterocycles. The summed E-state index contributed by atoms with van der Waals surface area (Å²) in [7, 11) is 0. The molecular formula is C15H18BrNO3. The van der Waals surface area contributed by atoms with Gasteiger partial charge in [-0.3, -0.25) is 9.59 Å². The van der Waals surface area contributed by atoms with Crippen LogP contribution in [0.5, 0.6) is 0 Å². The number of benzene rings is 1. The summed E-state index contributed by atoms with van der Waals surface area (Å²) in [5, 5.41) is 12.3. The summed E-state index contributed by atoms with van der Waals surface area (Å²) in [5.41, 5.74) is -0.336. The first-order valence-electron chi connectivity index (χ1n) is 6.73. The smallest absolute Gasteiger partial charge is 0.311 e. The van der Waals surface area contributed by atoms with Gasteiger partial charge in [0.1, 0.15) is 0 Å². The first kappa shape index (κ1) is 15.0. The maximum absolute atomic E-state index is 12.3. The average Bonchev–Trinajstić information content (AvgIpc) is 2.41. The lowest BCUT2D eigenvalue weighted by Gasteiger charge is -2.38. The molecule has 108 valence electrons. The molecule has 1 saturated carbocycles. The number of rotatable bonds is 3. The van der Waals surface area contributed by atoms with E-state index in [0.29, 0.717) is 18.4 Å². The number of amides is 1. The Hall–Kier alpha value is -1.36. The van der Waals surface area contributed by atoms with Crippen molar-refractivity contribution in [3.8, 4) is 0 Å². The van der Waals surface area contributed by atoms with Crippen LogP contribution < -0.4 is 5.32 Å². The second-order valence-electron chi connectivity index (χ2n) is 5.50. The molecule has 0 aliphatic heterocycles. The fourth-order valence-corrected chi connectivity index (χ4v) is 3.09. The molecule has 0 spiro atoms. The number of carbonyl (C=O) groups is 2. The predicted octanol–water partition coefficient (Wildman–Crippen LogP) is 3.21. The number of aliphatic carboxylic acids is 1. The zero-order valence-electron chi connectivity index (χ0n) is 11.4. The van der Waals surface area contributed by atoms with Crippen molar-refractivity contribution in [2.24, 2.45) is 5.41 Å². The number of halogens is 1. The van der Waals surface area contributed by atoms with E-state index in [9.17, 15) is 14.7 Å². The van der Waals surface area contributed by atoms with Gasteiger partial charge in [-0.2, -0.15) is 0 Å². The fourth-order valence-electron chi connectivity index (χ4n) is 2.69. The molecular weight excluding hydrogens is 322 g/mol. The maximum atomic E-state index is 12.3. The van der Waals surface area contributed by atoms with Crippen LogP contribution in [0, 0.1) is 5.41 Å². The van der Waals surface area contributed by atoms with Crippen molar-refractivity contribution in [1.82, 2.24) is 5.32 Å². The molecule has 2 N–H and O–H groups in total. The summed E-state index contributed by atoms with van der Waals surface area (Å²) in [6.45, 7) is 1.72. The van der Waals surface area contributed by atoms with Crippen LogP contribution in [-0.4, -0.2) is 23.0 Å². The van der Waals surface area contributed by atoms with E-state index in [2.05, 4.69) is 21.2 Å². The zero-order chi connectivity index (χ0) is 14.8. The van der Waals surface area contributed by atoms with Gasteiger partial charge in [0.15, 0.2) is 0 Å². The molecule has 0 bridgehead atoms. The van der Waals surface area contributed by atoms with Crippen molar-refractivity contribution in [3.05, 3.63) is 34.3 Å². The standard InChI is InChI=1S/C15H18BrNO3/c1-15(14(19)20)8-3-2-7-12(15)17-13(18)10-5-4-6-11(16)9-10/h4-6,9,12H,2-3,7-8H2,1H3,(H,17,18)(H,19,20). The van der Waals surface area contributed by atoms with Crippen molar-refractivity contribution in [1.29, 1.82) is 0 Å². The molecule has 2 atom stereocenters. The summed E-state index contributed by atoms with van der Waals surface area (Å²) in [6.07, 6.45) is 3.16. The summed E-state index contributed by atoms with van der Waals surface area (Å²) in [4.78, 5) is 23.8. The number of carboxylic acids is 1. The molecule has 5 heteroatoms. The lowest BCUT2D eigenvalue weighted by molar-refractivity contribution is -0.151. The minimum atomic E-state index is -0.875. The molecule has 1 aliphatic carbocycles. The van der Waals surface area contributed by atoms with E-state index in [4.69, 9.17) is 0 Å². The van der Waals surface area contributed by atoms with Gasteiger partial charge in [-0.15, -0.1) is 0 Å². The molecule has 1 aromatic carbocycles. The molecule has 1 amide bonds. The van der Waals surface area contributed by atoms with E-state index in [1.807, 2.05) is 6.07 Å². The molecule has 1 aliphatic rings. The lowest BCUT2D eigenvalue weighted by Crippen LogP contribution is -2.52. The first-order valence-corrected chi connectivity index (χ1v) is 7.52. The SMILES string of the molecule is CC1(C(=O)O)CCCCC1NC(=O)c1cccc(Br)c1. The van der Waals surface area contributed by atoms with Crippen molar-refractivity contribution < 1.29 is 14.7 Å². The van der Waals surface area contributed by atoms with Crippen LogP contribution in [0.4, 0.5) is 0 Å². The normalized spacial score (nSPS) is 26.0. The number of nitrogens with one attached hydrogen (secondary N) is 1. The minimum Gasteiger partial charge on any atom is -0.481 e. The van der Waals surface area contributed by atoms with Crippen molar-refractivity contribution in [2.45, 2.75) is 38.6 Å². The van der Waals surface area contributed by atoms with E-state index in [1.165, 1.54) is 0 Å². The predicted molar refractivity (Wildman–Crippen MR) is 79.6 cm³/mol. The van der Waals surface area contributed by atoms with Crippen molar-refractivity contribution in [3.63, 3.8) is 0 Å². The molecule has 1 fully saturated rings. The summed E-state index contributed by atoms with van der Waals surface area (Å²) in [6, 6.07) is 6.77. The van der Waals surface area contributed by atoms with E-state index in [0.717, 1.165) is 17.3 Å². The largest absolute Gasteiger partial charge is 0.481 e. The van der Waals surface area contributed by atoms with Gasteiger partial charge < -0.3 is 10.4 Å². The van der Waals surface area contributed by atoms with E-state index >= 15 is 0 Å². The molecule has 0 saturated heterocycles. The third-order valence-corrected chi connectivity index (χ3v) is 4.58. The molecule has 0 radical (unpaired) electrons. The summed E-state index contributed by atoms with van der Waals surface area (Å²) in [5.74, 6) is -1.05. The van der Waals surface area contributed by atoms with Crippen LogP contribution in [-0.2, 0) is 4.79 Å². The maximum Gasteiger partial charge on any atom is 0.311 e. The quantitative estimate of drug-likeness (QED) is 0.888. The number of carbonyl (C=O) groups excluding carboxylic acids is 1. The topological polar surface area (TPSA) is 66.4 Å². The molecule has 2 unspecified atom stereocenters. The Labute approximate surface area is 126 Å². The Morgan fingerprint density at radius 2 is 2.15 bits per heavy atom. The average molecular weight is 340 g/mol. The highest BCUT2D eigenvalue weighted by Gasteiger charge is 2.43. The van der Waals surface area contributed by atoms with Crippen LogP contribution in [0.3, 0.4) is 0 Å². The fraction of sp³-hybridized carbons (Fsp3) is 0.467. The zero-order valence-corrected chi connectivity index (χ0v) is 12.9. The molecule has 1 aromatic rings. The van der Waals surface area contributed by atoms with Gasteiger partial charge in [-0.05, 0) is 38.0 Å². The van der Waals surface area contributed by atoms with Crippen molar-refractivity contribution >= 4 is 27.8 Å². The Kier molecular flexibility index (Phi) is 4.48. The molecule has 2 rings (SSSR count). The van der Waals surface area contributed by atoms with Gasteiger partial charge in [0, 0.05) is 16.1 Å². The highest BCUT2D eigenvalue weighted by Crippen LogP contribution is 2.36. The number of hydrogen-bond acceptors (Lipinski definition) is 2. The number of hydrogen-bond donors (Lipinski definition) is 2. The van der Waals surface area contributed by atoms with E-state index < -0.39 is 11.4 Å². The van der Waals surface area contributed by atoms with Gasteiger partial charge in [-0.1, -0.05) is 34.8 Å². The lowest BCUT2D eigenvalue weighted by atomic mass is 9.71. The second kappa shape index (κ2) is 5.95. The minimum absolute atomic E-state index is 0.217. The summed E-state index contributed by atoms with van der Waals surface area (Å²) < 4.78 is 0.829. The first-order chi connectivity index (χ1) is 9.43. The second-order valence-corrected chi connectivity index (χ2v) is 6.42. The van der Waals surface area contributed by atoms with E-state index in [-0.39, 0.29) is 11.9 Å². The third kappa shape index (κ3) is 3.03. The third-order valence-electron chi connectivity index (χ3n) is 4.09. The Balaban J connectivity index is 2.15.